The van der Waals surface area contributed by atoms with Crippen molar-refractivity contribution in [3.8, 4) is 0 Å². The van der Waals surface area contributed by atoms with E-state index >= 15 is 0 Å². The van der Waals surface area contributed by atoms with Crippen LogP contribution in [0.25, 0.3) is 0 Å². The van der Waals surface area contributed by atoms with E-state index in [4.69, 9.17) is 0 Å². The molecule has 0 unspecified atom stereocenters. The maximum Gasteiger partial charge on any atom is 0.0794 e. The molecule has 0 saturated heterocycles. The largest absolute Gasteiger partial charge is 0.295 e. The Bertz CT molecular complexity index is 272. The third-order valence-electron chi connectivity index (χ3n) is 3.01. The van der Waals surface area contributed by atoms with Crippen LogP contribution in [0.1, 0.15) is 30.6 Å². The monoisotopic (exact) mass is 288 g/mol. The van der Waals surface area contributed by atoms with Gasteiger partial charge in [0.05, 0.1) is 5.51 Å². The highest BCUT2D eigenvalue weighted by atomic mass is 79.9. The molecule has 2 nitrogen and oxygen atoms in total. The molecule has 0 bridgehead atoms. The summed E-state index contributed by atoms with van der Waals surface area (Å²) in [7, 11) is 0. The van der Waals surface area contributed by atoms with Crippen LogP contribution in [0.2, 0.25) is 0 Å². The summed E-state index contributed by atoms with van der Waals surface area (Å²) in [4.78, 5) is 8.16. The van der Waals surface area contributed by atoms with Gasteiger partial charge in [-0.3, -0.25) is 9.88 Å². The van der Waals surface area contributed by atoms with Crippen LogP contribution >= 0.6 is 27.3 Å². The maximum absolute atomic E-state index is 4.14. The fourth-order valence-electron chi connectivity index (χ4n) is 1.93. The van der Waals surface area contributed by atoms with E-state index in [-0.39, 0.29) is 0 Å². The second kappa shape index (κ2) is 5.97. The molecule has 0 aliphatic heterocycles. The third kappa shape index (κ3) is 3.26. The van der Waals surface area contributed by atoms with Crippen LogP contribution in [-0.4, -0.2) is 27.8 Å². The van der Waals surface area contributed by atoms with Gasteiger partial charge in [0.2, 0.25) is 0 Å². The Morgan fingerprint density at radius 1 is 1.53 bits per heavy atom. The predicted molar refractivity (Wildman–Crippen MR) is 68.6 cm³/mol. The number of thiazole rings is 1. The standard InChI is InChI=1S/C11H17BrN2S/c12-5-2-6-14(10-3-1-4-10)8-11-7-13-9-15-11/h7,9-10H,1-6,8H2. The number of halogens is 1. The quantitative estimate of drug-likeness (QED) is 0.747. The minimum absolute atomic E-state index is 0.839. The fourth-order valence-corrected chi connectivity index (χ4v) is 2.80. The Kier molecular flexibility index (Phi) is 4.60. The van der Waals surface area contributed by atoms with Crippen molar-refractivity contribution in [3.63, 3.8) is 0 Å². The summed E-state index contributed by atoms with van der Waals surface area (Å²) in [6.45, 7) is 2.32. The first-order valence-corrected chi connectivity index (χ1v) is 7.57. The summed E-state index contributed by atoms with van der Waals surface area (Å²) < 4.78 is 0. The normalized spacial score (nSPS) is 16.9. The average Bonchev–Trinajstić information content (AvgIpc) is 2.64. The molecule has 0 atom stereocenters. The van der Waals surface area contributed by atoms with Gasteiger partial charge in [-0.05, 0) is 25.8 Å². The van der Waals surface area contributed by atoms with Crippen molar-refractivity contribution in [1.82, 2.24) is 9.88 Å². The van der Waals surface area contributed by atoms with Crippen molar-refractivity contribution in [1.29, 1.82) is 0 Å². The highest BCUT2D eigenvalue weighted by molar-refractivity contribution is 9.09. The van der Waals surface area contributed by atoms with E-state index < -0.39 is 0 Å². The van der Waals surface area contributed by atoms with Crippen LogP contribution in [-0.2, 0) is 6.54 Å². The molecule has 1 saturated carbocycles. The van der Waals surface area contributed by atoms with Crippen molar-refractivity contribution in [2.75, 3.05) is 11.9 Å². The van der Waals surface area contributed by atoms with Crippen molar-refractivity contribution >= 4 is 27.3 Å². The van der Waals surface area contributed by atoms with Crippen molar-refractivity contribution < 1.29 is 0 Å². The van der Waals surface area contributed by atoms with E-state index in [2.05, 4.69) is 25.8 Å². The number of aromatic nitrogens is 1. The molecule has 0 spiro atoms. The topological polar surface area (TPSA) is 16.1 Å². The lowest BCUT2D eigenvalue weighted by atomic mass is 9.91. The molecule has 1 aromatic rings. The Labute approximate surface area is 104 Å². The van der Waals surface area contributed by atoms with Crippen LogP contribution in [0.5, 0.6) is 0 Å². The van der Waals surface area contributed by atoms with Crippen LogP contribution in [0.3, 0.4) is 0 Å². The van der Waals surface area contributed by atoms with Gasteiger partial charge in [-0.2, -0.15) is 0 Å². The molecule has 1 aliphatic carbocycles. The molecular formula is C11H17BrN2S. The van der Waals surface area contributed by atoms with Crippen LogP contribution in [0.15, 0.2) is 11.7 Å². The first-order valence-electron chi connectivity index (χ1n) is 5.57. The zero-order chi connectivity index (χ0) is 10.5. The van der Waals surface area contributed by atoms with Gasteiger partial charge in [0.25, 0.3) is 0 Å². The molecule has 0 N–H and O–H groups in total. The van der Waals surface area contributed by atoms with Gasteiger partial charge in [0.1, 0.15) is 0 Å². The summed E-state index contributed by atoms with van der Waals surface area (Å²) in [5, 5.41) is 1.11. The van der Waals surface area contributed by atoms with Gasteiger partial charge < -0.3 is 0 Å². The minimum Gasteiger partial charge on any atom is -0.295 e. The first-order chi connectivity index (χ1) is 7.40. The van der Waals surface area contributed by atoms with Crippen molar-refractivity contribution in [2.24, 2.45) is 0 Å². The minimum atomic E-state index is 0.839. The van der Waals surface area contributed by atoms with Gasteiger partial charge in [-0.15, -0.1) is 11.3 Å². The Morgan fingerprint density at radius 3 is 2.93 bits per heavy atom. The molecule has 15 heavy (non-hydrogen) atoms. The summed E-state index contributed by atoms with van der Waals surface area (Å²) in [5.41, 5.74) is 1.93. The van der Waals surface area contributed by atoms with E-state index in [9.17, 15) is 0 Å². The number of rotatable bonds is 6. The van der Waals surface area contributed by atoms with E-state index in [1.807, 2.05) is 11.7 Å². The van der Waals surface area contributed by atoms with E-state index in [1.165, 1.54) is 37.1 Å². The average molecular weight is 289 g/mol. The molecule has 1 aliphatic rings. The Balaban J connectivity index is 1.86. The third-order valence-corrected chi connectivity index (χ3v) is 4.34. The summed E-state index contributed by atoms with van der Waals surface area (Å²) in [5.74, 6) is 0. The molecule has 0 amide bonds. The lowest BCUT2D eigenvalue weighted by Gasteiger charge is -2.37. The van der Waals surface area contributed by atoms with Gasteiger partial charge >= 0.3 is 0 Å². The van der Waals surface area contributed by atoms with Gasteiger partial charge in [0, 0.05) is 29.0 Å². The molecule has 4 heteroatoms. The second-order valence-electron chi connectivity index (χ2n) is 4.07. The fraction of sp³-hybridized carbons (Fsp3) is 0.727. The van der Waals surface area contributed by atoms with Gasteiger partial charge in [-0.1, -0.05) is 22.4 Å². The van der Waals surface area contributed by atoms with Crippen LogP contribution in [0, 0.1) is 0 Å². The molecule has 1 heterocycles. The summed E-state index contributed by atoms with van der Waals surface area (Å²) in [6, 6.07) is 0.839. The molecular weight excluding hydrogens is 272 g/mol. The number of alkyl halides is 1. The molecule has 0 aromatic carbocycles. The van der Waals surface area contributed by atoms with Crippen molar-refractivity contribution in [3.05, 3.63) is 16.6 Å². The van der Waals surface area contributed by atoms with Crippen LogP contribution < -0.4 is 0 Å². The zero-order valence-corrected chi connectivity index (χ0v) is 11.3. The molecule has 1 aromatic heterocycles. The van der Waals surface area contributed by atoms with Gasteiger partial charge in [0.15, 0.2) is 0 Å². The van der Waals surface area contributed by atoms with E-state index in [1.54, 1.807) is 11.3 Å². The predicted octanol–water partition coefficient (Wildman–Crippen LogP) is 3.28. The Hall–Kier alpha value is 0.0700. The second-order valence-corrected chi connectivity index (χ2v) is 5.83. The number of nitrogens with zero attached hydrogens (tertiary/aromatic N) is 2. The molecule has 84 valence electrons. The number of hydrogen-bond donors (Lipinski definition) is 0. The summed E-state index contributed by atoms with van der Waals surface area (Å²) in [6.07, 6.45) is 7.44. The molecule has 2 rings (SSSR count). The van der Waals surface area contributed by atoms with Gasteiger partial charge in [-0.25, -0.2) is 0 Å². The SMILES string of the molecule is BrCCCN(Cc1cncs1)C1CCC1. The first kappa shape index (κ1) is 11.6. The zero-order valence-electron chi connectivity index (χ0n) is 8.86. The lowest BCUT2D eigenvalue weighted by Crippen LogP contribution is -2.40. The lowest BCUT2D eigenvalue weighted by molar-refractivity contribution is 0.121. The highest BCUT2D eigenvalue weighted by Gasteiger charge is 2.24. The number of hydrogen-bond acceptors (Lipinski definition) is 3. The Morgan fingerprint density at radius 2 is 2.40 bits per heavy atom. The maximum atomic E-state index is 4.14. The molecule has 1 fully saturated rings. The summed E-state index contributed by atoms with van der Waals surface area (Å²) >= 11 is 5.28. The van der Waals surface area contributed by atoms with E-state index in [0.29, 0.717) is 0 Å². The molecule has 0 radical (unpaired) electrons. The van der Waals surface area contributed by atoms with E-state index in [0.717, 1.165) is 17.9 Å². The highest BCUT2D eigenvalue weighted by Crippen LogP contribution is 2.27. The smallest absolute Gasteiger partial charge is 0.0794 e. The van der Waals surface area contributed by atoms with Crippen LogP contribution in [0.4, 0.5) is 0 Å². The van der Waals surface area contributed by atoms with Crippen molar-refractivity contribution in [2.45, 2.75) is 38.3 Å².